The fraction of sp³-hybridized carbons (Fsp3) is 0.571. The SMILES string of the molecule is C/C=C/C(=O)O[C@H]1[C@H]2C=C[C@@]3(I)[C@H](C(=O)O[C@@H]13)[C@H]2C. The Balaban J connectivity index is 1.94. The van der Waals surface area contributed by atoms with Gasteiger partial charge in [0.25, 0.3) is 0 Å². The maximum Gasteiger partial charge on any atom is 0.330 e. The molecule has 1 saturated carbocycles. The Bertz CT molecular complexity index is 498. The zero-order valence-corrected chi connectivity index (χ0v) is 12.9. The third-order valence-electron chi connectivity index (χ3n) is 4.35. The first kappa shape index (κ1) is 13.1. The van der Waals surface area contributed by atoms with Crippen molar-refractivity contribution in [2.75, 3.05) is 0 Å². The van der Waals surface area contributed by atoms with Gasteiger partial charge >= 0.3 is 11.9 Å². The summed E-state index contributed by atoms with van der Waals surface area (Å²) in [5, 5.41) is 0. The van der Waals surface area contributed by atoms with E-state index >= 15 is 0 Å². The summed E-state index contributed by atoms with van der Waals surface area (Å²) in [6, 6.07) is 0. The van der Waals surface area contributed by atoms with Gasteiger partial charge in [-0.2, -0.15) is 0 Å². The lowest BCUT2D eigenvalue weighted by Gasteiger charge is -2.48. The number of rotatable bonds is 2. The Labute approximate surface area is 125 Å². The predicted octanol–water partition coefficient (Wildman–Crippen LogP) is 2.03. The Morgan fingerprint density at radius 1 is 1.58 bits per heavy atom. The second-order valence-corrected chi connectivity index (χ2v) is 7.23. The van der Waals surface area contributed by atoms with E-state index in [2.05, 4.69) is 34.7 Å². The van der Waals surface area contributed by atoms with Crippen LogP contribution in [0.3, 0.4) is 0 Å². The number of hydrogen-bond acceptors (Lipinski definition) is 4. The first-order chi connectivity index (χ1) is 8.99. The summed E-state index contributed by atoms with van der Waals surface area (Å²) in [5.74, 6) is -0.459. The van der Waals surface area contributed by atoms with E-state index in [9.17, 15) is 9.59 Å². The number of carbonyl (C=O) groups excluding carboxylic acids is 2. The average molecular weight is 374 g/mol. The molecule has 102 valence electrons. The second kappa shape index (κ2) is 4.33. The van der Waals surface area contributed by atoms with Gasteiger partial charge in [0.15, 0.2) is 6.10 Å². The first-order valence-corrected chi connectivity index (χ1v) is 7.49. The number of allylic oxidation sites excluding steroid dienone is 1. The number of carbonyl (C=O) groups is 2. The maximum atomic E-state index is 12.0. The van der Waals surface area contributed by atoms with Crippen molar-refractivity contribution in [3.05, 3.63) is 24.3 Å². The highest BCUT2D eigenvalue weighted by Crippen LogP contribution is 2.58. The molecule has 3 aliphatic carbocycles. The summed E-state index contributed by atoms with van der Waals surface area (Å²) >= 11 is 2.28. The molecule has 0 aromatic heterocycles. The van der Waals surface area contributed by atoms with Crippen molar-refractivity contribution in [3.63, 3.8) is 0 Å². The molecule has 0 aromatic rings. The van der Waals surface area contributed by atoms with Gasteiger partial charge < -0.3 is 9.47 Å². The molecular formula is C14H15IO4. The van der Waals surface area contributed by atoms with Crippen molar-refractivity contribution in [2.45, 2.75) is 29.5 Å². The average Bonchev–Trinajstić information content (AvgIpc) is 2.55. The Morgan fingerprint density at radius 2 is 2.32 bits per heavy atom. The first-order valence-electron chi connectivity index (χ1n) is 6.41. The molecule has 4 nitrogen and oxygen atoms in total. The molecule has 5 heteroatoms. The number of halogens is 1. The van der Waals surface area contributed by atoms with Crippen LogP contribution in [0.15, 0.2) is 24.3 Å². The van der Waals surface area contributed by atoms with Crippen LogP contribution < -0.4 is 0 Å². The molecule has 4 rings (SSSR count). The van der Waals surface area contributed by atoms with Crippen LogP contribution in [0.5, 0.6) is 0 Å². The summed E-state index contributed by atoms with van der Waals surface area (Å²) in [6.07, 6.45) is 6.43. The molecule has 2 fully saturated rings. The number of ether oxygens (including phenoxy) is 2. The van der Waals surface area contributed by atoms with Gasteiger partial charge in [0.1, 0.15) is 6.10 Å². The van der Waals surface area contributed by atoms with E-state index in [1.54, 1.807) is 13.0 Å². The van der Waals surface area contributed by atoms with Crippen molar-refractivity contribution in [1.29, 1.82) is 0 Å². The normalized spacial score (nSPS) is 46.7. The van der Waals surface area contributed by atoms with Gasteiger partial charge in [-0.25, -0.2) is 4.79 Å². The standard InChI is InChI=1S/C14H15IO4/c1-3-4-9(16)18-11-8-5-6-14(15)10(7(8)2)13(17)19-12(11)14/h3-8,10-12H,1-2H3/b4-3+/t7-,8-,10-,11-,12-,14+/m0/s1. The molecule has 1 aliphatic heterocycles. The minimum atomic E-state index is -0.375. The summed E-state index contributed by atoms with van der Waals surface area (Å²) in [5.41, 5.74) is 0. The highest BCUT2D eigenvalue weighted by atomic mass is 127. The van der Waals surface area contributed by atoms with Crippen molar-refractivity contribution in [1.82, 2.24) is 0 Å². The lowest BCUT2D eigenvalue weighted by Crippen LogP contribution is -2.59. The third kappa shape index (κ3) is 1.70. The molecular weight excluding hydrogens is 359 g/mol. The molecule has 6 atom stereocenters. The topological polar surface area (TPSA) is 52.6 Å². The Kier molecular flexibility index (Phi) is 2.99. The molecule has 19 heavy (non-hydrogen) atoms. The summed E-state index contributed by atoms with van der Waals surface area (Å²) in [4.78, 5) is 23.7. The largest absolute Gasteiger partial charge is 0.456 e. The molecule has 4 aliphatic rings. The van der Waals surface area contributed by atoms with Gasteiger partial charge in [0.05, 0.1) is 9.34 Å². The van der Waals surface area contributed by atoms with E-state index in [4.69, 9.17) is 9.47 Å². The zero-order valence-electron chi connectivity index (χ0n) is 10.7. The predicted molar refractivity (Wildman–Crippen MR) is 76.6 cm³/mol. The van der Waals surface area contributed by atoms with E-state index in [0.29, 0.717) is 0 Å². The van der Waals surface area contributed by atoms with Crippen LogP contribution in [0.25, 0.3) is 0 Å². The molecule has 1 heterocycles. The minimum Gasteiger partial charge on any atom is -0.456 e. The van der Waals surface area contributed by atoms with Crippen molar-refractivity contribution in [3.8, 4) is 0 Å². The second-order valence-electron chi connectivity index (χ2n) is 5.36. The number of alkyl halides is 1. The summed E-state index contributed by atoms with van der Waals surface area (Å²) < 4.78 is 10.6. The van der Waals surface area contributed by atoms with Crippen LogP contribution >= 0.6 is 22.6 Å². The molecule has 0 unspecified atom stereocenters. The van der Waals surface area contributed by atoms with E-state index in [1.807, 2.05) is 6.92 Å². The van der Waals surface area contributed by atoms with Crippen molar-refractivity contribution < 1.29 is 19.1 Å². The molecule has 1 saturated heterocycles. The quantitative estimate of drug-likeness (QED) is 0.244. The maximum absolute atomic E-state index is 12.0. The van der Waals surface area contributed by atoms with E-state index in [-0.39, 0.29) is 45.3 Å². The van der Waals surface area contributed by atoms with Gasteiger partial charge in [0.2, 0.25) is 0 Å². The lowest BCUT2D eigenvalue weighted by molar-refractivity contribution is -0.160. The Morgan fingerprint density at radius 3 is 3.00 bits per heavy atom. The molecule has 0 spiro atoms. The van der Waals surface area contributed by atoms with E-state index in [1.165, 1.54) is 6.08 Å². The van der Waals surface area contributed by atoms with Crippen LogP contribution in [0.1, 0.15) is 13.8 Å². The van der Waals surface area contributed by atoms with Crippen molar-refractivity contribution in [2.24, 2.45) is 17.8 Å². The molecule has 0 aromatic carbocycles. The lowest BCUT2D eigenvalue weighted by atomic mass is 9.62. The zero-order chi connectivity index (χ0) is 13.8. The molecule has 0 radical (unpaired) electrons. The van der Waals surface area contributed by atoms with E-state index in [0.717, 1.165) is 0 Å². The van der Waals surface area contributed by atoms with Crippen LogP contribution in [-0.2, 0) is 19.1 Å². The molecule has 0 N–H and O–H groups in total. The van der Waals surface area contributed by atoms with Gasteiger partial charge in [-0.3, -0.25) is 4.79 Å². The van der Waals surface area contributed by atoms with Gasteiger partial charge in [-0.15, -0.1) is 0 Å². The van der Waals surface area contributed by atoms with Crippen LogP contribution in [0, 0.1) is 17.8 Å². The van der Waals surface area contributed by atoms with Gasteiger partial charge in [0, 0.05) is 12.0 Å². The highest BCUT2D eigenvalue weighted by Gasteiger charge is 2.68. The van der Waals surface area contributed by atoms with Crippen LogP contribution in [0.4, 0.5) is 0 Å². The summed E-state index contributed by atoms with van der Waals surface area (Å²) in [7, 11) is 0. The number of hydrogen-bond donors (Lipinski definition) is 0. The van der Waals surface area contributed by atoms with Gasteiger partial charge in [-0.05, 0) is 12.8 Å². The van der Waals surface area contributed by atoms with Crippen LogP contribution in [-0.4, -0.2) is 27.6 Å². The third-order valence-corrected chi connectivity index (χ3v) is 5.99. The van der Waals surface area contributed by atoms with E-state index < -0.39 is 0 Å². The number of esters is 2. The fourth-order valence-electron chi connectivity index (χ4n) is 3.50. The molecule has 4 bridgehead atoms. The fourth-order valence-corrected chi connectivity index (χ4v) is 5.01. The van der Waals surface area contributed by atoms with Crippen molar-refractivity contribution >= 4 is 34.5 Å². The molecule has 0 amide bonds. The van der Waals surface area contributed by atoms with Gasteiger partial charge in [-0.1, -0.05) is 47.7 Å². The monoisotopic (exact) mass is 374 g/mol. The van der Waals surface area contributed by atoms with Crippen LogP contribution in [0.2, 0.25) is 0 Å². The highest BCUT2D eigenvalue weighted by molar-refractivity contribution is 14.1. The smallest absolute Gasteiger partial charge is 0.330 e. The summed E-state index contributed by atoms with van der Waals surface area (Å²) in [6.45, 7) is 3.80. The Hall–Kier alpha value is -0.850. The minimum absolute atomic E-state index is 0.0623.